The van der Waals surface area contributed by atoms with Crippen molar-refractivity contribution in [1.29, 1.82) is 0 Å². The van der Waals surface area contributed by atoms with E-state index in [9.17, 15) is 12.8 Å². The van der Waals surface area contributed by atoms with Gasteiger partial charge in [0.1, 0.15) is 5.82 Å². The molecule has 1 aliphatic heterocycles. The maximum Gasteiger partial charge on any atom is 0.241 e. The van der Waals surface area contributed by atoms with Crippen LogP contribution >= 0.6 is 23.4 Å². The minimum atomic E-state index is -3.70. The Hall–Kier alpha value is -1.08. The summed E-state index contributed by atoms with van der Waals surface area (Å²) in [6.45, 7) is 0. The molecule has 116 valence electrons. The van der Waals surface area contributed by atoms with Gasteiger partial charge in [-0.05, 0) is 60.2 Å². The Kier molecular flexibility index (Phi) is 4.45. The summed E-state index contributed by atoms with van der Waals surface area (Å²) in [7, 11) is -3.70. The van der Waals surface area contributed by atoms with Crippen molar-refractivity contribution in [1.82, 2.24) is 4.72 Å². The highest BCUT2D eigenvalue weighted by molar-refractivity contribution is 7.99. The van der Waals surface area contributed by atoms with Gasteiger partial charge < -0.3 is 0 Å². The number of hydrogen-bond acceptors (Lipinski definition) is 3. The Balaban J connectivity index is 1.91. The van der Waals surface area contributed by atoms with Gasteiger partial charge in [0.2, 0.25) is 10.0 Å². The van der Waals surface area contributed by atoms with E-state index in [2.05, 4.69) is 4.72 Å². The molecule has 3 nitrogen and oxygen atoms in total. The average molecular weight is 358 g/mol. The number of nitrogens with one attached hydrogen (secondary N) is 1. The number of sulfonamides is 1. The fourth-order valence-corrected chi connectivity index (χ4v) is 4.89. The second-order valence-electron chi connectivity index (χ2n) is 4.95. The summed E-state index contributed by atoms with van der Waals surface area (Å²) in [5, 5.41) is 0.576. The molecular formula is C15H13ClFNO2S2. The van der Waals surface area contributed by atoms with Crippen molar-refractivity contribution in [2.24, 2.45) is 0 Å². The highest BCUT2D eigenvalue weighted by atomic mass is 35.5. The Labute approximate surface area is 137 Å². The highest BCUT2D eigenvalue weighted by Crippen LogP contribution is 2.38. The van der Waals surface area contributed by atoms with Gasteiger partial charge >= 0.3 is 0 Å². The quantitative estimate of drug-likeness (QED) is 0.903. The molecule has 0 fully saturated rings. The van der Waals surface area contributed by atoms with Gasteiger partial charge in [-0.3, -0.25) is 0 Å². The SMILES string of the molecule is O=S(=O)(N[C@H]1CCSc2ccc(Cl)cc21)c1ccc(F)cc1. The predicted molar refractivity (Wildman–Crippen MR) is 86.3 cm³/mol. The maximum absolute atomic E-state index is 12.9. The molecule has 0 unspecified atom stereocenters. The van der Waals surface area contributed by atoms with E-state index in [0.29, 0.717) is 11.4 Å². The molecule has 7 heteroatoms. The molecule has 3 rings (SSSR count). The maximum atomic E-state index is 12.9. The zero-order chi connectivity index (χ0) is 15.7. The lowest BCUT2D eigenvalue weighted by Crippen LogP contribution is -2.30. The van der Waals surface area contributed by atoms with Gasteiger partial charge in [-0.25, -0.2) is 17.5 Å². The van der Waals surface area contributed by atoms with E-state index in [1.165, 1.54) is 12.1 Å². The molecular weight excluding hydrogens is 345 g/mol. The van der Waals surface area contributed by atoms with E-state index in [1.54, 1.807) is 23.9 Å². The van der Waals surface area contributed by atoms with E-state index in [-0.39, 0.29) is 10.9 Å². The van der Waals surface area contributed by atoms with Gasteiger partial charge in [-0.1, -0.05) is 11.6 Å². The normalized spacial score (nSPS) is 18.0. The third kappa shape index (κ3) is 3.30. The summed E-state index contributed by atoms with van der Waals surface area (Å²) in [6.07, 6.45) is 0.679. The summed E-state index contributed by atoms with van der Waals surface area (Å²) in [6, 6.07) is 9.95. The van der Waals surface area contributed by atoms with Crippen LogP contribution in [0.15, 0.2) is 52.3 Å². The Bertz CT molecular complexity index is 794. The fraction of sp³-hybridized carbons (Fsp3) is 0.200. The zero-order valence-electron chi connectivity index (χ0n) is 11.4. The van der Waals surface area contributed by atoms with Crippen LogP contribution in [0.25, 0.3) is 0 Å². The Morgan fingerprint density at radius 3 is 2.64 bits per heavy atom. The number of thioether (sulfide) groups is 1. The minimum Gasteiger partial charge on any atom is -0.207 e. The van der Waals surface area contributed by atoms with Gasteiger partial charge in [-0.15, -0.1) is 11.8 Å². The van der Waals surface area contributed by atoms with Crippen LogP contribution in [-0.2, 0) is 10.0 Å². The Morgan fingerprint density at radius 2 is 1.91 bits per heavy atom. The standard InChI is InChI=1S/C15H13ClFNO2S2/c16-10-1-6-15-13(9-10)14(7-8-21-15)18-22(19,20)12-4-2-11(17)3-5-12/h1-6,9,14,18H,7-8H2/t14-/m0/s1. The molecule has 1 atom stereocenters. The van der Waals surface area contributed by atoms with Crippen LogP contribution in [0.2, 0.25) is 5.02 Å². The van der Waals surface area contributed by atoms with Gasteiger partial charge in [0.25, 0.3) is 0 Å². The van der Waals surface area contributed by atoms with Crippen LogP contribution in [0, 0.1) is 5.82 Å². The van der Waals surface area contributed by atoms with E-state index in [0.717, 1.165) is 28.3 Å². The van der Waals surface area contributed by atoms with Crippen LogP contribution in [0.1, 0.15) is 18.0 Å². The lowest BCUT2D eigenvalue weighted by atomic mass is 10.1. The van der Waals surface area contributed by atoms with Crippen molar-refractivity contribution in [2.45, 2.75) is 22.3 Å². The smallest absolute Gasteiger partial charge is 0.207 e. The minimum absolute atomic E-state index is 0.0516. The number of halogens is 2. The van der Waals surface area contributed by atoms with Gasteiger partial charge in [0.15, 0.2) is 0 Å². The van der Waals surface area contributed by atoms with Crippen molar-refractivity contribution in [3.63, 3.8) is 0 Å². The third-order valence-corrected chi connectivity index (χ3v) is 6.28. The van der Waals surface area contributed by atoms with Crippen LogP contribution in [-0.4, -0.2) is 14.2 Å². The molecule has 1 heterocycles. The molecule has 2 aromatic carbocycles. The lowest BCUT2D eigenvalue weighted by molar-refractivity contribution is 0.545. The molecule has 0 saturated carbocycles. The molecule has 0 aliphatic carbocycles. The number of benzene rings is 2. The molecule has 0 radical (unpaired) electrons. The summed E-state index contributed by atoms with van der Waals surface area (Å²) >= 11 is 7.70. The van der Waals surface area contributed by atoms with Crippen molar-refractivity contribution in [3.05, 3.63) is 58.9 Å². The van der Waals surface area contributed by atoms with E-state index in [4.69, 9.17) is 11.6 Å². The summed E-state index contributed by atoms with van der Waals surface area (Å²) < 4.78 is 40.5. The molecule has 0 saturated heterocycles. The summed E-state index contributed by atoms with van der Waals surface area (Å²) in [4.78, 5) is 1.08. The first-order valence-corrected chi connectivity index (χ1v) is 9.50. The molecule has 1 aliphatic rings. The largest absolute Gasteiger partial charge is 0.241 e. The molecule has 0 aromatic heterocycles. The van der Waals surface area contributed by atoms with Crippen molar-refractivity contribution in [3.8, 4) is 0 Å². The van der Waals surface area contributed by atoms with Gasteiger partial charge in [0.05, 0.1) is 4.90 Å². The number of fused-ring (bicyclic) bond motifs is 1. The summed E-state index contributed by atoms with van der Waals surface area (Å²) in [5.74, 6) is 0.357. The molecule has 2 aromatic rings. The van der Waals surface area contributed by atoms with E-state index >= 15 is 0 Å². The first kappa shape index (κ1) is 15.8. The first-order valence-electron chi connectivity index (χ1n) is 6.66. The topological polar surface area (TPSA) is 46.2 Å². The Morgan fingerprint density at radius 1 is 1.18 bits per heavy atom. The monoisotopic (exact) mass is 357 g/mol. The number of rotatable bonds is 3. The van der Waals surface area contributed by atoms with Crippen molar-refractivity contribution < 1.29 is 12.8 Å². The van der Waals surface area contributed by atoms with Crippen LogP contribution in [0.5, 0.6) is 0 Å². The lowest BCUT2D eigenvalue weighted by Gasteiger charge is -2.26. The van der Waals surface area contributed by atoms with E-state index in [1.807, 2.05) is 6.07 Å². The van der Waals surface area contributed by atoms with Gasteiger partial charge in [0, 0.05) is 16.0 Å². The zero-order valence-corrected chi connectivity index (χ0v) is 13.8. The second-order valence-corrected chi connectivity index (χ2v) is 8.23. The van der Waals surface area contributed by atoms with E-state index < -0.39 is 15.8 Å². The van der Waals surface area contributed by atoms with Crippen LogP contribution < -0.4 is 4.72 Å². The molecule has 0 spiro atoms. The molecule has 22 heavy (non-hydrogen) atoms. The molecule has 0 bridgehead atoms. The van der Waals surface area contributed by atoms with Crippen molar-refractivity contribution >= 4 is 33.4 Å². The summed E-state index contributed by atoms with van der Waals surface area (Å²) in [5.41, 5.74) is 0.884. The highest BCUT2D eigenvalue weighted by Gasteiger charge is 2.26. The predicted octanol–water partition coefficient (Wildman–Crippen LogP) is 3.99. The molecule has 1 N–H and O–H groups in total. The fourth-order valence-electron chi connectivity index (χ4n) is 2.36. The second kappa shape index (κ2) is 6.20. The number of hydrogen-bond donors (Lipinski definition) is 1. The average Bonchev–Trinajstić information content (AvgIpc) is 2.48. The van der Waals surface area contributed by atoms with Crippen molar-refractivity contribution in [2.75, 3.05) is 5.75 Å². The van der Waals surface area contributed by atoms with Gasteiger partial charge in [-0.2, -0.15) is 0 Å². The first-order chi connectivity index (χ1) is 10.5. The molecule has 0 amide bonds. The third-order valence-electron chi connectivity index (χ3n) is 3.43. The van der Waals surface area contributed by atoms with Crippen LogP contribution in [0.3, 0.4) is 0 Å². The van der Waals surface area contributed by atoms with Crippen LogP contribution in [0.4, 0.5) is 4.39 Å².